The third-order valence-corrected chi connectivity index (χ3v) is 4.84. The monoisotopic (exact) mass is 370 g/mol. The van der Waals surface area contributed by atoms with Gasteiger partial charge in [0, 0.05) is 22.3 Å². The molecule has 2 aromatic rings. The molecule has 1 aliphatic carbocycles. The highest BCUT2D eigenvalue weighted by Crippen LogP contribution is 2.30. The zero-order chi connectivity index (χ0) is 18.1. The number of halogens is 1. The minimum Gasteiger partial charge on any atom is -0.492 e. The fourth-order valence-electron chi connectivity index (χ4n) is 3.01. The number of carbonyl (C=O) groups is 2. The Bertz CT molecular complexity index is 864. The average Bonchev–Trinajstić information content (AvgIpc) is 3.45. The summed E-state index contributed by atoms with van der Waals surface area (Å²) in [6.45, 7) is 0.322. The predicted octanol–water partition coefficient (Wildman–Crippen LogP) is 3.42. The Hall–Kier alpha value is -2.53. The molecule has 4 rings (SSSR count). The van der Waals surface area contributed by atoms with Gasteiger partial charge in [0.25, 0.3) is 5.91 Å². The molecule has 1 aliphatic heterocycles. The highest BCUT2D eigenvalue weighted by atomic mass is 35.5. The Labute approximate surface area is 156 Å². The normalized spacial score (nSPS) is 18.4. The summed E-state index contributed by atoms with van der Waals surface area (Å²) in [5, 5.41) is 6.46. The van der Waals surface area contributed by atoms with Crippen molar-refractivity contribution in [3.05, 3.63) is 58.6 Å². The number of hydrogen-bond donors (Lipinski definition) is 2. The van der Waals surface area contributed by atoms with E-state index in [1.807, 2.05) is 12.1 Å². The van der Waals surface area contributed by atoms with Gasteiger partial charge in [-0.05, 0) is 61.2 Å². The summed E-state index contributed by atoms with van der Waals surface area (Å²) >= 11 is 6.03. The Balaban J connectivity index is 1.42. The Kier molecular flexibility index (Phi) is 4.55. The molecule has 1 saturated carbocycles. The second-order valence-electron chi connectivity index (χ2n) is 6.78. The summed E-state index contributed by atoms with van der Waals surface area (Å²) in [5.74, 6) is 0.241. The summed E-state index contributed by atoms with van der Waals surface area (Å²) < 4.78 is 5.68. The first kappa shape index (κ1) is 16.9. The van der Waals surface area contributed by atoms with E-state index in [9.17, 15) is 9.59 Å². The standard InChI is InChI=1S/C20H19ClN2O3/c21-15-4-7-18-13(9-15)8-14(11-26-18)20(25)23-17-3-1-2-12(10-17)19(24)22-16-5-6-16/h1-4,7,9-10,14,16H,5-6,8,11H2,(H,22,24)(H,23,25)/t14-/m1/s1. The van der Waals surface area contributed by atoms with E-state index < -0.39 is 0 Å². The lowest BCUT2D eigenvalue weighted by Gasteiger charge is -2.24. The predicted molar refractivity (Wildman–Crippen MR) is 99.7 cm³/mol. The molecular weight excluding hydrogens is 352 g/mol. The van der Waals surface area contributed by atoms with Crippen molar-refractivity contribution in [1.82, 2.24) is 5.32 Å². The van der Waals surface area contributed by atoms with Gasteiger partial charge < -0.3 is 15.4 Å². The summed E-state index contributed by atoms with van der Waals surface area (Å²) in [4.78, 5) is 24.8. The van der Waals surface area contributed by atoms with Crippen LogP contribution in [0.4, 0.5) is 5.69 Å². The van der Waals surface area contributed by atoms with Crippen molar-refractivity contribution in [2.75, 3.05) is 11.9 Å². The molecule has 0 bridgehead atoms. The van der Waals surface area contributed by atoms with E-state index in [0.29, 0.717) is 35.3 Å². The molecule has 2 amide bonds. The third-order valence-electron chi connectivity index (χ3n) is 4.60. The maximum atomic E-state index is 12.6. The van der Waals surface area contributed by atoms with E-state index in [4.69, 9.17) is 16.3 Å². The van der Waals surface area contributed by atoms with Gasteiger partial charge in [-0.15, -0.1) is 0 Å². The summed E-state index contributed by atoms with van der Waals surface area (Å²) in [6.07, 6.45) is 2.65. The fraction of sp³-hybridized carbons (Fsp3) is 0.300. The van der Waals surface area contributed by atoms with E-state index in [1.54, 1.807) is 30.3 Å². The zero-order valence-electron chi connectivity index (χ0n) is 14.1. The molecule has 0 saturated heterocycles. The lowest BCUT2D eigenvalue weighted by atomic mass is 9.96. The smallest absolute Gasteiger partial charge is 0.251 e. The van der Waals surface area contributed by atoms with E-state index in [2.05, 4.69) is 10.6 Å². The molecule has 1 atom stereocenters. The minimum absolute atomic E-state index is 0.104. The van der Waals surface area contributed by atoms with E-state index in [1.165, 1.54) is 0 Å². The van der Waals surface area contributed by atoms with Gasteiger partial charge in [0.15, 0.2) is 0 Å². The first-order valence-electron chi connectivity index (χ1n) is 8.71. The lowest BCUT2D eigenvalue weighted by molar-refractivity contribution is -0.121. The molecule has 1 fully saturated rings. The van der Waals surface area contributed by atoms with Crippen LogP contribution in [0.1, 0.15) is 28.8 Å². The van der Waals surface area contributed by atoms with E-state index >= 15 is 0 Å². The zero-order valence-corrected chi connectivity index (χ0v) is 14.9. The topological polar surface area (TPSA) is 67.4 Å². The largest absolute Gasteiger partial charge is 0.492 e. The summed E-state index contributed by atoms with van der Waals surface area (Å²) in [6, 6.07) is 12.7. The van der Waals surface area contributed by atoms with E-state index in [-0.39, 0.29) is 17.7 Å². The Morgan fingerprint density at radius 2 is 1.96 bits per heavy atom. The molecule has 1 heterocycles. The molecule has 2 N–H and O–H groups in total. The van der Waals surface area contributed by atoms with Gasteiger partial charge in [0.2, 0.25) is 5.91 Å². The summed E-state index contributed by atoms with van der Waals surface area (Å²) in [7, 11) is 0. The van der Waals surface area contributed by atoms with Crippen LogP contribution in [-0.4, -0.2) is 24.5 Å². The van der Waals surface area contributed by atoms with Gasteiger partial charge >= 0.3 is 0 Å². The van der Waals surface area contributed by atoms with Gasteiger partial charge in [0.1, 0.15) is 12.4 Å². The molecule has 134 valence electrons. The van der Waals surface area contributed by atoms with Crippen LogP contribution in [0.5, 0.6) is 5.75 Å². The van der Waals surface area contributed by atoms with Crippen LogP contribution >= 0.6 is 11.6 Å². The molecule has 0 aromatic heterocycles. The van der Waals surface area contributed by atoms with Crippen molar-refractivity contribution < 1.29 is 14.3 Å². The highest BCUT2D eigenvalue weighted by molar-refractivity contribution is 6.30. The SMILES string of the molecule is O=C(NC1CC1)c1cccc(NC(=O)[C@H]2COc3ccc(Cl)cc3C2)c1. The number of nitrogens with one attached hydrogen (secondary N) is 2. The van der Waals surface area contributed by atoms with Gasteiger partial charge in [-0.2, -0.15) is 0 Å². The maximum absolute atomic E-state index is 12.6. The Morgan fingerprint density at radius 1 is 1.12 bits per heavy atom. The molecular formula is C20H19ClN2O3. The number of benzene rings is 2. The molecule has 6 heteroatoms. The van der Waals surface area contributed by atoms with Crippen molar-refractivity contribution in [2.24, 2.45) is 5.92 Å². The number of rotatable bonds is 4. The number of amides is 2. The van der Waals surface area contributed by atoms with Crippen molar-refractivity contribution in [1.29, 1.82) is 0 Å². The van der Waals surface area contributed by atoms with E-state index in [0.717, 1.165) is 24.2 Å². The maximum Gasteiger partial charge on any atom is 0.251 e. The number of anilines is 1. The molecule has 0 spiro atoms. The fourth-order valence-corrected chi connectivity index (χ4v) is 3.21. The molecule has 5 nitrogen and oxygen atoms in total. The van der Waals surface area contributed by atoms with Crippen LogP contribution in [0.3, 0.4) is 0 Å². The number of hydrogen-bond acceptors (Lipinski definition) is 3. The Morgan fingerprint density at radius 3 is 2.77 bits per heavy atom. The van der Waals surface area contributed by atoms with Crippen molar-refractivity contribution in [3.8, 4) is 5.75 Å². The second-order valence-corrected chi connectivity index (χ2v) is 7.22. The van der Waals surface area contributed by atoms with Crippen LogP contribution in [0, 0.1) is 5.92 Å². The van der Waals surface area contributed by atoms with Gasteiger partial charge in [0.05, 0.1) is 5.92 Å². The molecule has 2 aromatic carbocycles. The molecule has 0 radical (unpaired) electrons. The van der Waals surface area contributed by atoms with Gasteiger partial charge in [-0.1, -0.05) is 17.7 Å². The molecule has 26 heavy (non-hydrogen) atoms. The summed E-state index contributed by atoms with van der Waals surface area (Å²) in [5.41, 5.74) is 2.09. The highest BCUT2D eigenvalue weighted by Gasteiger charge is 2.27. The average molecular weight is 371 g/mol. The number of carbonyl (C=O) groups excluding carboxylic acids is 2. The first-order valence-corrected chi connectivity index (χ1v) is 9.09. The van der Waals surface area contributed by atoms with Crippen LogP contribution in [0.25, 0.3) is 0 Å². The van der Waals surface area contributed by atoms with Gasteiger partial charge in [-0.25, -0.2) is 0 Å². The number of fused-ring (bicyclic) bond motifs is 1. The van der Waals surface area contributed by atoms with Gasteiger partial charge in [-0.3, -0.25) is 9.59 Å². The van der Waals surface area contributed by atoms with Crippen molar-refractivity contribution >= 4 is 29.1 Å². The quantitative estimate of drug-likeness (QED) is 0.866. The van der Waals surface area contributed by atoms with Crippen LogP contribution < -0.4 is 15.4 Å². The lowest BCUT2D eigenvalue weighted by Crippen LogP contribution is -2.32. The molecule has 2 aliphatic rings. The minimum atomic E-state index is -0.301. The molecule has 0 unspecified atom stereocenters. The first-order chi connectivity index (χ1) is 12.6. The third kappa shape index (κ3) is 3.83. The van der Waals surface area contributed by atoms with Crippen molar-refractivity contribution in [2.45, 2.75) is 25.3 Å². The van der Waals surface area contributed by atoms with Crippen molar-refractivity contribution in [3.63, 3.8) is 0 Å². The second kappa shape index (κ2) is 7.00. The van der Waals surface area contributed by atoms with Crippen LogP contribution in [0.15, 0.2) is 42.5 Å². The number of ether oxygens (including phenoxy) is 1. The van der Waals surface area contributed by atoms with Crippen LogP contribution in [-0.2, 0) is 11.2 Å². The van der Waals surface area contributed by atoms with Crippen LogP contribution in [0.2, 0.25) is 5.02 Å².